The number of hydrogen-bond acceptors (Lipinski definition) is 4. The molecule has 12 heavy (non-hydrogen) atoms. The van der Waals surface area contributed by atoms with Gasteiger partial charge in [0.05, 0.1) is 7.11 Å². The second-order valence-electron chi connectivity index (χ2n) is 2.41. The standard InChI is InChI=1S/C8H14O2S2/c1-4-5-7(11)12-6(2)8(9)10-3/h6H,4-5H2,1-3H3. The van der Waals surface area contributed by atoms with E-state index in [1.54, 1.807) is 6.92 Å². The zero-order valence-corrected chi connectivity index (χ0v) is 9.26. The van der Waals surface area contributed by atoms with Crippen molar-refractivity contribution in [2.45, 2.75) is 31.9 Å². The molecule has 0 aromatic rings. The van der Waals surface area contributed by atoms with Gasteiger partial charge in [-0.05, 0) is 13.3 Å². The largest absolute Gasteiger partial charge is 0.468 e. The van der Waals surface area contributed by atoms with E-state index in [1.165, 1.54) is 18.9 Å². The molecule has 0 spiro atoms. The fourth-order valence-electron chi connectivity index (χ4n) is 0.674. The van der Waals surface area contributed by atoms with Crippen LogP contribution in [0.2, 0.25) is 0 Å². The van der Waals surface area contributed by atoms with Crippen LogP contribution in [0.4, 0.5) is 0 Å². The van der Waals surface area contributed by atoms with Crippen molar-refractivity contribution in [1.29, 1.82) is 0 Å². The van der Waals surface area contributed by atoms with Crippen molar-refractivity contribution in [1.82, 2.24) is 0 Å². The van der Waals surface area contributed by atoms with E-state index in [4.69, 9.17) is 12.2 Å². The highest BCUT2D eigenvalue weighted by Crippen LogP contribution is 2.17. The number of carbonyl (C=O) groups is 1. The Kier molecular flexibility index (Phi) is 6.38. The maximum absolute atomic E-state index is 10.9. The number of ether oxygens (including phenoxy) is 1. The number of hydrogen-bond donors (Lipinski definition) is 0. The molecular weight excluding hydrogens is 192 g/mol. The Hall–Kier alpha value is -0.0900. The lowest BCUT2D eigenvalue weighted by molar-refractivity contribution is -0.139. The van der Waals surface area contributed by atoms with Gasteiger partial charge in [0, 0.05) is 4.20 Å². The normalized spacial score (nSPS) is 12.2. The quantitative estimate of drug-likeness (QED) is 0.521. The average Bonchev–Trinajstić information content (AvgIpc) is 2.03. The number of carbonyl (C=O) groups excluding carboxylic acids is 1. The van der Waals surface area contributed by atoms with Crippen molar-refractivity contribution in [3.05, 3.63) is 0 Å². The molecule has 0 saturated carbocycles. The summed E-state index contributed by atoms with van der Waals surface area (Å²) in [6.07, 6.45) is 1.92. The Morgan fingerprint density at radius 1 is 1.67 bits per heavy atom. The molecule has 0 fully saturated rings. The molecule has 0 N–H and O–H groups in total. The fourth-order valence-corrected chi connectivity index (χ4v) is 2.22. The minimum Gasteiger partial charge on any atom is -0.468 e. The second-order valence-corrected chi connectivity index (χ2v) is 4.59. The van der Waals surface area contributed by atoms with Gasteiger partial charge in [-0.1, -0.05) is 25.6 Å². The van der Waals surface area contributed by atoms with Crippen molar-refractivity contribution >= 4 is 34.1 Å². The summed E-state index contributed by atoms with van der Waals surface area (Å²) in [7, 11) is 1.39. The second kappa shape index (κ2) is 6.43. The summed E-state index contributed by atoms with van der Waals surface area (Å²) in [6.45, 7) is 3.87. The number of thiocarbonyl (C=S) groups is 1. The van der Waals surface area contributed by atoms with Gasteiger partial charge in [0.15, 0.2) is 0 Å². The first-order chi connectivity index (χ1) is 5.61. The first-order valence-corrected chi connectivity index (χ1v) is 5.18. The molecule has 0 rings (SSSR count). The molecule has 1 unspecified atom stereocenters. The van der Waals surface area contributed by atoms with Crippen molar-refractivity contribution in [2.24, 2.45) is 0 Å². The number of thioether (sulfide) groups is 1. The topological polar surface area (TPSA) is 26.3 Å². The summed E-state index contributed by atoms with van der Waals surface area (Å²) in [5.41, 5.74) is 0. The molecule has 0 heterocycles. The average molecular weight is 206 g/mol. The van der Waals surface area contributed by atoms with E-state index in [2.05, 4.69) is 11.7 Å². The monoisotopic (exact) mass is 206 g/mol. The molecule has 0 aromatic heterocycles. The van der Waals surface area contributed by atoms with Gasteiger partial charge >= 0.3 is 5.97 Å². The van der Waals surface area contributed by atoms with Gasteiger partial charge < -0.3 is 4.74 Å². The lowest BCUT2D eigenvalue weighted by atomic mass is 10.4. The number of rotatable bonds is 4. The molecule has 0 radical (unpaired) electrons. The van der Waals surface area contributed by atoms with Gasteiger partial charge in [-0.15, -0.1) is 11.8 Å². The molecule has 0 aliphatic rings. The predicted octanol–water partition coefficient (Wildman–Crippen LogP) is 2.41. The summed E-state index contributed by atoms with van der Waals surface area (Å²) >= 11 is 6.47. The first-order valence-electron chi connectivity index (χ1n) is 3.89. The summed E-state index contributed by atoms with van der Waals surface area (Å²) in [6, 6.07) is 0. The van der Waals surface area contributed by atoms with Crippen LogP contribution >= 0.6 is 24.0 Å². The Labute approximate surface area is 83.1 Å². The van der Waals surface area contributed by atoms with E-state index in [1.807, 2.05) is 0 Å². The Balaban J connectivity index is 3.75. The van der Waals surface area contributed by atoms with Crippen molar-refractivity contribution in [3.8, 4) is 0 Å². The molecule has 4 heteroatoms. The van der Waals surface area contributed by atoms with Crippen LogP contribution in [-0.4, -0.2) is 22.5 Å². The lowest BCUT2D eigenvalue weighted by Crippen LogP contribution is -2.16. The van der Waals surface area contributed by atoms with Crippen molar-refractivity contribution in [3.63, 3.8) is 0 Å². The Morgan fingerprint density at radius 3 is 2.67 bits per heavy atom. The van der Waals surface area contributed by atoms with E-state index < -0.39 is 0 Å². The van der Waals surface area contributed by atoms with E-state index in [-0.39, 0.29) is 11.2 Å². The minimum absolute atomic E-state index is 0.172. The van der Waals surface area contributed by atoms with Gasteiger partial charge in [-0.25, -0.2) is 0 Å². The maximum atomic E-state index is 10.9. The third-order valence-electron chi connectivity index (χ3n) is 1.30. The van der Waals surface area contributed by atoms with E-state index in [9.17, 15) is 4.79 Å². The van der Waals surface area contributed by atoms with Crippen LogP contribution in [0.5, 0.6) is 0 Å². The summed E-state index contributed by atoms with van der Waals surface area (Å²) in [5, 5.41) is -0.172. The highest BCUT2D eigenvalue weighted by Gasteiger charge is 2.14. The van der Waals surface area contributed by atoms with Crippen LogP contribution in [0.15, 0.2) is 0 Å². The Morgan fingerprint density at radius 2 is 2.25 bits per heavy atom. The number of esters is 1. The van der Waals surface area contributed by atoms with Crippen LogP contribution in [0.1, 0.15) is 26.7 Å². The molecular formula is C8H14O2S2. The lowest BCUT2D eigenvalue weighted by Gasteiger charge is -2.08. The smallest absolute Gasteiger partial charge is 0.318 e. The minimum atomic E-state index is -0.210. The highest BCUT2D eigenvalue weighted by molar-refractivity contribution is 8.23. The van der Waals surface area contributed by atoms with Crippen LogP contribution in [0, 0.1) is 0 Å². The highest BCUT2D eigenvalue weighted by atomic mass is 32.2. The molecule has 0 bridgehead atoms. The van der Waals surface area contributed by atoms with Gasteiger partial charge in [-0.3, -0.25) is 4.79 Å². The molecule has 0 aliphatic carbocycles. The third kappa shape index (κ3) is 4.72. The van der Waals surface area contributed by atoms with E-state index >= 15 is 0 Å². The zero-order valence-electron chi connectivity index (χ0n) is 7.62. The van der Waals surface area contributed by atoms with Crippen molar-refractivity contribution < 1.29 is 9.53 Å². The summed E-state index contributed by atoms with van der Waals surface area (Å²) in [5.74, 6) is -0.210. The molecule has 2 nitrogen and oxygen atoms in total. The van der Waals surface area contributed by atoms with Crippen LogP contribution in [-0.2, 0) is 9.53 Å². The van der Waals surface area contributed by atoms with Crippen LogP contribution in [0.25, 0.3) is 0 Å². The Bertz CT molecular complexity index is 168. The molecule has 0 saturated heterocycles. The van der Waals surface area contributed by atoms with Gasteiger partial charge in [0.1, 0.15) is 5.25 Å². The van der Waals surface area contributed by atoms with Gasteiger partial charge in [-0.2, -0.15) is 0 Å². The molecule has 70 valence electrons. The fraction of sp³-hybridized carbons (Fsp3) is 0.750. The number of methoxy groups -OCH3 is 1. The molecule has 1 atom stereocenters. The predicted molar refractivity (Wildman–Crippen MR) is 56.6 cm³/mol. The first kappa shape index (κ1) is 11.9. The molecule has 0 aromatic carbocycles. The van der Waals surface area contributed by atoms with Gasteiger partial charge in [0.25, 0.3) is 0 Å². The van der Waals surface area contributed by atoms with Crippen molar-refractivity contribution in [2.75, 3.05) is 7.11 Å². The third-order valence-corrected chi connectivity index (χ3v) is 2.80. The van der Waals surface area contributed by atoms with Crippen LogP contribution in [0.3, 0.4) is 0 Å². The molecule has 0 amide bonds. The van der Waals surface area contributed by atoms with Gasteiger partial charge in [0.2, 0.25) is 0 Å². The summed E-state index contributed by atoms with van der Waals surface area (Å²) < 4.78 is 5.46. The van der Waals surface area contributed by atoms with E-state index in [0.717, 1.165) is 17.0 Å². The zero-order chi connectivity index (χ0) is 9.56. The molecule has 0 aliphatic heterocycles. The summed E-state index contributed by atoms with van der Waals surface area (Å²) in [4.78, 5) is 10.9. The SMILES string of the molecule is CCCC(=S)SC(C)C(=O)OC. The van der Waals surface area contributed by atoms with Crippen LogP contribution < -0.4 is 0 Å². The maximum Gasteiger partial charge on any atom is 0.318 e. The van der Waals surface area contributed by atoms with E-state index in [0.29, 0.717) is 0 Å².